The molecule has 0 atom stereocenters. The zero-order valence-electron chi connectivity index (χ0n) is 8.57. The SMILES string of the molecule is O=C(NCc1sccc1Br)c1ccc(=O)[nH]n1. The van der Waals surface area contributed by atoms with Gasteiger partial charge in [0.05, 0.1) is 6.54 Å². The van der Waals surface area contributed by atoms with Crippen LogP contribution in [0.1, 0.15) is 15.4 Å². The summed E-state index contributed by atoms with van der Waals surface area (Å²) in [6, 6.07) is 4.57. The number of carbonyl (C=O) groups excluding carboxylic acids is 1. The number of H-pyrrole nitrogens is 1. The van der Waals surface area contributed by atoms with Crippen molar-refractivity contribution in [2.45, 2.75) is 6.54 Å². The van der Waals surface area contributed by atoms with E-state index in [9.17, 15) is 9.59 Å². The minimum Gasteiger partial charge on any atom is -0.346 e. The van der Waals surface area contributed by atoms with E-state index in [0.717, 1.165) is 9.35 Å². The first-order chi connectivity index (χ1) is 8.16. The van der Waals surface area contributed by atoms with Gasteiger partial charge in [-0.15, -0.1) is 11.3 Å². The summed E-state index contributed by atoms with van der Waals surface area (Å²) in [5, 5.41) is 10.5. The summed E-state index contributed by atoms with van der Waals surface area (Å²) < 4.78 is 0.970. The van der Waals surface area contributed by atoms with Crippen molar-refractivity contribution in [3.05, 3.63) is 49.0 Å². The van der Waals surface area contributed by atoms with Crippen LogP contribution in [0.5, 0.6) is 0 Å². The molecule has 2 aromatic rings. The molecular weight excluding hydrogens is 306 g/mol. The summed E-state index contributed by atoms with van der Waals surface area (Å²) in [4.78, 5) is 23.5. The van der Waals surface area contributed by atoms with Crippen molar-refractivity contribution in [3.8, 4) is 0 Å². The zero-order chi connectivity index (χ0) is 12.3. The van der Waals surface area contributed by atoms with E-state index in [2.05, 4.69) is 31.4 Å². The van der Waals surface area contributed by atoms with Crippen molar-refractivity contribution in [2.75, 3.05) is 0 Å². The van der Waals surface area contributed by atoms with Gasteiger partial charge in [0.15, 0.2) is 0 Å². The Kier molecular flexibility index (Phi) is 3.70. The minimum absolute atomic E-state index is 0.192. The summed E-state index contributed by atoms with van der Waals surface area (Å²) in [5.74, 6) is -0.318. The highest BCUT2D eigenvalue weighted by Crippen LogP contribution is 2.22. The predicted octanol–water partition coefficient (Wildman–Crippen LogP) is 1.52. The van der Waals surface area contributed by atoms with E-state index in [1.165, 1.54) is 12.1 Å². The second-order valence-electron chi connectivity index (χ2n) is 3.18. The lowest BCUT2D eigenvalue weighted by atomic mass is 10.3. The van der Waals surface area contributed by atoms with Crippen LogP contribution < -0.4 is 10.9 Å². The molecule has 0 aliphatic carbocycles. The Morgan fingerprint density at radius 3 is 2.88 bits per heavy atom. The van der Waals surface area contributed by atoms with Crippen LogP contribution in [0.25, 0.3) is 0 Å². The van der Waals surface area contributed by atoms with Crippen LogP contribution in [0.4, 0.5) is 0 Å². The van der Waals surface area contributed by atoms with Crippen LogP contribution >= 0.6 is 27.3 Å². The number of thiophene rings is 1. The van der Waals surface area contributed by atoms with Crippen LogP contribution in [0.2, 0.25) is 0 Å². The van der Waals surface area contributed by atoms with E-state index in [0.29, 0.717) is 6.54 Å². The van der Waals surface area contributed by atoms with Crippen LogP contribution in [-0.4, -0.2) is 16.1 Å². The molecule has 88 valence electrons. The molecular formula is C10H8BrN3O2S. The smallest absolute Gasteiger partial charge is 0.272 e. The third kappa shape index (κ3) is 3.01. The quantitative estimate of drug-likeness (QED) is 0.902. The fraction of sp³-hybridized carbons (Fsp3) is 0.100. The monoisotopic (exact) mass is 313 g/mol. The molecule has 7 heteroatoms. The molecule has 0 saturated heterocycles. The number of hydrogen-bond donors (Lipinski definition) is 2. The Morgan fingerprint density at radius 2 is 2.29 bits per heavy atom. The summed E-state index contributed by atoms with van der Waals surface area (Å²) in [6.45, 7) is 0.428. The highest BCUT2D eigenvalue weighted by atomic mass is 79.9. The molecule has 2 N–H and O–H groups in total. The van der Waals surface area contributed by atoms with Gasteiger partial charge in [-0.2, -0.15) is 5.10 Å². The normalized spacial score (nSPS) is 10.2. The van der Waals surface area contributed by atoms with Crippen LogP contribution in [-0.2, 0) is 6.54 Å². The molecule has 1 amide bonds. The summed E-state index contributed by atoms with van der Waals surface area (Å²) in [5.41, 5.74) is -0.139. The van der Waals surface area contributed by atoms with E-state index >= 15 is 0 Å². The molecule has 0 unspecified atom stereocenters. The van der Waals surface area contributed by atoms with Crippen LogP contribution in [0.3, 0.4) is 0 Å². The van der Waals surface area contributed by atoms with E-state index in [4.69, 9.17) is 0 Å². The highest BCUT2D eigenvalue weighted by molar-refractivity contribution is 9.10. The van der Waals surface area contributed by atoms with Crippen molar-refractivity contribution >= 4 is 33.2 Å². The van der Waals surface area contributed by atoms with E-state index in [1.807, 2.05) is 11.4 Å². The third-order valence-corrected chi connectivity index (χ3v) is 3.94. The van der Waals surface area contributed by atoms with Crippen molar-refractivity contribution < 1.29 is 4.79 Å². The molecule has 2 aromatic heterocycles. The largest absolute Gasteiger partial charge is 0.346 e. The average molecular weight is 314 g/mol. The zero-order valence-corrected chi connectivity index (χ0v) is 11.0. The Balaban J connectivity index is 2.00. The van der Waals surface area contributed by atoms with Gasteiger partial charge in [0.25, 0.3) is 11.5 Å². The van der Waals surface area contributed by atoms with Gasteiger partial charge in [0.1, 0.15) is 5.69 Å². The topological polar surface area (TPSA) is 74.8 Å². The second kappa shape index (κ2) is 5.24. The van der Waals surface area contributed by atoms with Gasteiger partial charge in [-0.3, -0.25) is 9.59 Å². The molecule has 0 radical (unpaired) electrons. The number of aromatic nitrogens is 2. The Labute approximate surface area is 109 Å². The van der Waals surface area contributed by atoms with E-state index < -0.39 is 0 Å². The maximum atomic E-state index is 11.7. The molecule has 0 spiro atoms. The number of carbonyl (C=O) groups is 1. The molecule has 5 nitrogen and oxygen atoms in total. The first-order valence-corrected chi connectivity index (χ1v) is 6.40. The predicted molar refractivity (Wildman–Crippen MR) is 68.0 cm³/mol. The van der Waals surface area contributed by atoms with E-state index in [-0.39, 0.29) is 17.2 Å². The Hall–Kier alpha value is -1.47. The van der Waals surface area contributed by atoms with Gasteiger partial charge in [0.2, 0.25) is 0 Å². The number of nitrogens with zero attached hydrogens (tertiary/aromatic N) is 1. The van der Waals surface area contributed by atoms with Gasteiger partial charge in [0, 0.05) is 15.4 Å². The minimum atomic E-state index is -0.331. The molecule has 2 heterocycles. The molecule has 0 aliphatic rings. The second-order valence-corrected chi connectivity index (χ2v) is 5.04. The Bertz CT molecular complexity index is 573. The third-order valence-electron chi connectivity index (χ3n) is 2.01. The van der Waals surface area contributed by atoms with Gasteiger partial charge in [-0.05, 0) is 33.4 Å². The summed E-state index contributed by atoms with van der Waals surface area (Å²) in [7, 11) is 0. The van der Waals surface area contributed by atoms with Gasteiger partial charge >= 0.3 is 0 Å². The standard InChI is InChI=1S/C10H8BrN3O2S/c11-6-3-4-17-8(6)5-12-10(16)7-1-2-9(15)14-13-7/h1-4H,5H2,(H,12,16)(H,14,15). The number of nitrogens with one attached hydrogen (secondary N) is 2. The fourth-order valence-electron chi connectivity index (χ4n) is 1.17. The van der Waals surface area contributed by atoms with Crippen molar-refractivity contribution in [2.24, 2.45) is 0 Å². The maximum Gasteiger partial charge on any atom is 0.272 e. The number of rotatable bonds is 3. The summed E-state index contributed by atoms with van der Waals surface area (Å²) in [6.07, 6.45) is 0. The molecule has 0 saturated carbocycles. The van der Waals surface area contributed by atoms with Crippen molar-refractivity contribution in [1.82, 2.24) is 15.5 Å². The maximum absolute atomic E-state index is 11.7. The first kappa shape index (κ1) is 12.0. The lowest BCUT2D eigenvalue weighted by Crippen LogP contribution is -2.25. The summed E-state index contributed by atoms with van der Waals surface area (Å²) >= 11 is 4.93. The molecule has 0 bridgehead atoms. The number of amides is 1. The van der Waals surface area contributed by atoms with Gasteiger partial charge < -0.3 is 5.32 Å². The van der Waals surface area contributed by atoms with Crippen LogP contribution in [0, 0.1) is 0 Å². The lowest BCUT2D eigenvalue weighted by Gasteiger charge is -2.02. The first-order valence-electron chi connectivity index (χ1n) is 4.72. The highest BCUT2D eigenvalue weighted by Gasteiger charge is 2.08. The van der Waals surface area contributed by atoms with E-state index in [1.54, 1.807) is 11.3 Å². The van der Waals surface area contributed by atoms with Crippen LogP contribution in [0.15, 0.2) is 32.8 Å². The average Bonchev–Trinajstić information content (AvgIpc) is 2.73. The Morgan fingerprint density at radius 1 is 1.47 bits per heavy atom. The number of halogens is 1. The lowest BCUT2D eigenvalue weighted by molar-refractivity contribution is 0.0945. The molecule has 2 rings (SSSR count). The van der Waals surface area contributed by atoms with Crippen molar-refractivity contribution in [1.29, 1.82) is 0 Å². The fourth-order valence-corrected chi connectivity index (χ4v) is 2.61. The van der Waals surface area contributed by atoms with Crippen molar-refractivity contribution in [3.63, 3.8) is 0 Å². The number of aromatic amines is 1. The van der Waals surface area contributed by atoms with Gasteiger partial charge in [-0.1, -0.05) is 0 Å². The molecule has 17 heavy (non-hydrogen) atoms. The molecule has 0 aromatic carbocycles. The molecule has 0 fully saturated rings. The number of hydrogen-bond acceptors (Lipinski definition) is 4. The molecule has 0 aliphatic heterocycles. The van der Waals surface area contributed by atoms with Gasteiger partial charge in [-0.25, -0.2) is 5.10 Å².